The van der Waals surface area contributed by atoms with Crippen molar-refractivity contribution in [2.24, 2.45) is 0 Å². The van der Waals surface area contributed by atoms with Crippen LogP contribution in [0, 0.1) is 0 Å². The highest BCUT2D eigenvalue weighted by Gasteiger charge is 2.23. The molecule has 4 aromatic rings. The Morgan fingerprint density at radius 2 is 1.41 bits per heavy atom. The minimum atomic E-state index is 0.128. The predicted molar refractivity (Wildman–Crippen MR) is 171 cm³/mol. The van der Waals surface area contributed by atoms with Crippen LogP contribution < -0.4 is 20.1 Å². The van der Waals surface area contributed by atoms with Crippen molar-refractivity contribution in [2.45, 2.75) is 63.6 Å². The van der Waals surface area contributed by atoms with Gasteiger partial charge in [0.1, 0.15) is 11.4 Å². The predicted octanol–water partition coefficient (Wildman–Crippen LogP) is 6.44. The zero-order chi connectivity index (χ0) is 30.6. The molecule has 0 radical (unpaired) electrons. The second kappa shape index (κ2) is 13.5. The fourth-order valence-corrected chi connectivity index (χ4v) is 6.14. The summed E-state index contributed by atoms with van der Waals surface area (Å²) < 4.78 is 11.2. The summed E-state index contributed by atoms with van der Waals surface area (Å²) in [6.07, 6.45) is 9.78. The average molecular weight is 634 g/mol. The van der Waals surface area contributed by atoms with Crippen LogP contribution in [0.1, 0.15) is 49.9 Å². The number of aryl methyl sites for hydroxylation is 1. The first-order valence-corrected chi connectivity index (χ1v) is 15.6. The number of carbonyl (C=O) groups is 1. The highest BCUT2D eigenvalue weighted by molar-refractivity contribution is 6.39. The summed E-state index contributed by atoms with van der Waals surface area (Å²) in [4.78, 5) is 30.3. The number of hydrogen-bond donors (Lipinski definition) is 2. The molecule has 11 heteroatoms. The van der Waals surface area contributed by atoms with Crippen molar-refractivity contribution in [3.05, 3.63) is 70.2 Å². The summed E-state index contributed by atoms with van der Waals surface area (Å²) in [6.45, 7) is 0.603. The van der Waals surface area contributed by atoms with Gasteiger partial charge in [-0.05, 0) is 38.5 Å². The summed E-state index contributed by atoms with van der Waals surface area (Å²) in [7, 11) is 3.19. The van der Waals surface area contributed by atoms with Gasteiger partial charge < -0.3 is 20.1 Å². The van der Waals surface area contributed by atoms with Gasteiger partial charge in [-0.1, -0.05) is 59.6 Å². The van der Waals surface area contributed by atoms with Crippen LogP contribution in [-0.2, 0) is 17.8 Å². The maximum absolute atomic E-state index is 11.5. The lowest BCUT2D eigenvalue weighted by atomic mass is 9.98. The molecule has 6 rings (SSSR count). The van der Waals surface area contributed by atoms with Gasteiger partial charge >= 0.3 is 0 Å². The van der Waals surface area contributed by atoms with Crippen LogP contribution in [0.2, 0.25) is 10.0 Å². The number of benzene rings is 2. The summed E-state index contributed by atoms with van der Waals surface area (Å²) in [5, 5.41) is 7.47. The van der Waals surface area contributed by atoms with E-state index in [2.05, 4.69) is 20.6 Å². The standard InChI is InChI=1S/C33H34Cl2N6O3/c1-43-32-25(11-3-6-20-14-15-29(42)39-20)37-16-26(40-32)23-9-4-7-21(30(23)34)22-8-5-10-24(31(22)35)27-17-38-28(33(41-27)44-2)18-36-19-12-13-19/h4-5,7-10,16-17,19-20,36H,3,6,11-15,18H2,1-2H3,(H,39,42)/t20-/m1/s1. The van der Waals surface area contributed by atoms with Crippen LogP contribution >= 0.6 is 23.2 Å². The molecule has 1 atom stereocenters. The van der Waals surface area contributed by atoms with Gasteiger partial charge in [0.2, 0.25) is 17.7 Å². The fraction of sp³-hybridized carbons (Fsp3) is 0.364. The van der Waals surface area contributed by atoms with Crippen molar-refractivity contribution >= 4 is 29.1 Å². The molecule has 2 aromatic carbocycles. The molecule has 0 bridgehead atoms. The molecule has 2 aliphatic rings. The lowest BCUT2D eigenvalue weighted by Gasteiger charge is -2.15. The normalized spacial score (nSPS) is 16.2. The molecule has 9 nitrogen and oxygen atoms in total. The molecule has 1 aliphatic carbocycles. The van der Waals surface area contributed by atoms with Gasteiger partial charge in [-0.3, -0.25) is 14.8 Å². The number of ether oxygens (including phenoxy) is 2. The van der Waals surface area contributed by atoms with Gasteiger partial charge in [0.25, 0.3) is 0 Å². The third-order valence-electron chi connectivity index (χ3n) is 8.04. The largest absolute Gasteiger partial charge is 0.480 e. The van der Waals surface area contributed by atoms with E-state index in [0.29, 0.717) is 64.2 Å². The minimum absolute atomic E-state index is 0.128. The summed E-state index contributed by atoms with van der Waals surface area (Å²) in [5.74, 6) is 1.06. The van der Waals surface area contributed by atoms with Gasteiger partial charge in [-0.2, -0.15) is 0 Å². The van der Waals surface area contributed by atoms with E-state index < -0.39 is 0 Å². The first-order chi connectivity index (χ1) is 21.4. The second-order valence-corrected chi connectivity index (χ2v) is 11.9. The Morgan fingerprint density at radius 1 is 0.841 bits per heavy atom. The third kappa shape index (κ3) is 6.65. The number of halogens is 2. The van der Waals surface area contributed by atoms with Crippen molar-refractivity contribution < 1.29 is 14.3 Å². The van der Waals surface area contributed by atoms with Gasteiger partial charge in [0.05, 0.1) is 48.0 Å². The summed E-state index contributed by atoms with van der Waals surface area (Å²) in [5.41, 5.74) is 5.69. The van der Waals surface area contributed by atoms with Gasteiger partial charge in [0.15, 0.2) is 0 Å². The van der Waals surface area contributed by atoms with Gasteiger partial charge in [0, 0.05) is 47.3 Å². The highest BCUT2D eigenvalue weighted by Crippen LogP contribution is 2.42. The summed E-state index contributed by atoms with van der Waals surface area (Å²) >= 11 is 14.0. The molecule has 228 valence electrons. The molecule has 3 heterocycles. The van der Waals surface area contributed by atoms with Crippen LogP contribution in [-0.4, -0.2) is 52.1 Å². The fourth-order valence-electron chi connectivity index (χ4n) is 5.49. The van der Waals surface area contributed by atoms with Gasteiger partial charge in [-0.15, -0.1) is 0 Å². The van der Waals surface area contributed by atoms with Crippen LogP contribution in [0.3, 0.4) is 0 Å². The Labute approximate surface area is 266 Å². The number of nitrogens with one attached hydrogen (secondary N) is 2. The van der Waals surface area contributed by atoms with Crippen molar-refractivity contribution in [1.29, 1.82) is 0 Å². The third-order valence-corrected chi connectivity index (χ3v) is 8.85. The molecule has 1 amide bonds. The molecule has 0 unspecified atom stereocenters. The van der Waals surface area contributed by atoms with E-state index in [1.54, 1.807) is 26.6 Å². The maximum atomic E-state index is 11.5. The molecule has 1 saturated carbocycles. The average Bonchev–Trinajstić information content (AvgIpc) is 3.79. The Kier molecular flexibility index (Phi) is 9.25. The topological polar surface area (TPSA) is 111 Å². The zero-order valence-electron chi connectivity index (χ0n) is 24.7. The SMILES string of the molecule is COc1nc(-c2cccc(-c3cccc(-c4cnc(CNC5CC5)c(OC)n4)c3Cl)c2Cl)cnc1CCC[C@@H]1CCC(=O)N1. The number of rotatable bonds is 12. The van der Waals surface area contributed by atoms with E-state index in [-0.39, 0.29) is 11.9 Å². The van der Waals surface area contributed by atoms with E-state index in [4.69, 9.17) is 42.6 Å². The second-order valence-electron chi connectivity index (χ2n) is 11.1. The number of nitrogens with zero attached hydrogens (tertiary/aromatic N) is 4. The molecule has 1 saturated heterocycles. The number of aromatic nitrogens is 4. The van der Waals surface area contributed by atoms with Crippen molar-refractivity contribution in [3.63, 3.8) is 0 Å². The van der Waals surface area contributed by atoms with E-state index in [0.717, 1.165) is 47.3 Å². The number of hydrogen-bond acceptors (Lipinski definition) is 8. The highest BCUT2D eigenvalue weighted by atomic mass is 35.5. The Bertz CT molecular complexity index is 1680. The first kappa shape index (κ1) is 30.2. The maximum Gasteiger partial charge on any atom is 0.237 e. The van der Waals surface area contributed by atoms with Crippen molar-refractivity contribution in [1.82, 2.24) is 30.6 Å². The monoisotopic (exact) mass is 632 g/mol. The van der Waals surface area contributed by atoms with E-state index >= 15 is 0 Å². The molecule has 2 aromatic heterocycles. The number of carbonyl (C=O) groups excluding carboxylic acids is 1. The molecule has 2 N–H and O–H groups in total. The van der Waals surface area contributed by atoms with Crippen LogP contribution in [0.5, 0.6) is 11.8 Å². The minimum Gasteiger partial charge on any atom is -0.480 e. The van der Waals surface area contributed by atoms with Gasteiger partial charge in [-0.25, -0.2) is 9.97 Å². The lowest BCUT2D eigenvalue weighted by Crippen LogP contribution is -2.25. The Hall–Kier alpha value is -3.79. The molecule has 44 heavy (non-hydrogen) atoms. The van der Waals surface area contributed by atoms with Crippen molar-refractivity contribution in [3.8, 4) is 45.4 Å². The zero-order valence-corrected chi connectivity index (χ0v) is 26.2. The van der Waals surface area contributed by atoms with Crippen molar-refractivity contribution in [2.75, 3.05) is 14.2 Å². The Morgan fingerprint density at radius 3 is 1.95 bits per heavy atom. The smallest absolute Gasteiger partial charge is 0.237 e. The lowest BCUT2D eigenvalue weighted by molar-refractivity contribution is -0.119. The molecule has 0 spiro atoms. The van der Waals surface area contributed by atoms with E-state index in [1.165, 1.54) is 12.8 Å². The Balaban J connectivity index is 1.25. The molecular formula is C33H34Cl2N6O3. The quantitative estimate of drug-likeness (QED) is 0.183. The van der Waals surface area contributed by atoms with Crippen LogP contribution in [0.4, 0.5) is 0 Å². The van der Waals surface area contributed by atoms with E-state index in [9.17, 15) is 4.79 Å². The summed E-state index contributed by atoms with van der Waals surface area (Å²) in [6, 6.07) is 12.3. The molecular weight excluding hydrogens is 599 g/mol. The molecule has 2 fully saturated rings. The number of amides is 1. The van der Waals surface area contributed by atoms with Crippen LogP contribution in [0.25, 0.3) is 33.6 Å². The van der Waals surface area contributed by atoms with E-state index in [1.807, 2.05) is 36.4 Å². The molecule has 1 aliphatic heterocycles. The number of methoxy groups -OCH3 is 2. The first-order valence-electron chi connectivity index (χ1n) is 14.9. The van der Waals surface area contributed by atoms with Crippen LogP contribution in [0.15, 0.2) is 48.8 Å².